The Balaban J connectivity index is 2.09. The van der Waals surface area contributed by atoms with E-state index in [4.69, 9.17) is 9.47 Å². The molecule has 8 nitrogen and oxygen atoms in total. The first-order valence-electron chi connectivity index (χ1n) is 9.66. The van der Waals surface area contributed by atoms with Crippen molar-refractivity contribution < 1.29 is 14.3 Å². The zero-order valence-electron chi connectivity index (χ0n) is 17.1. The molecule has 30 heavy (non-hydrogen) atoms. The van der Waals surface area contributed by atoms with Gasteiger partial charge in [0.1, 0.15) is 17.5 Å². The lowest BCUT2D eigenvalue weighted by atomic mass is 9.99. The lowest BCUT2D eigenvalue weighted by molar-refractivity contribution is 0.0524. The number of aromatic nitrogens is 3. The van der Waals surface area contributed by atoms with Crippen LogP contribution in [0.4, 0.5) is 5.69 Å². The van der Waals surface area contributed by atoms with Crippen LogP contribution in [0.1, 0.15) is 28.5 Å². The zero-order chi connectivity index (χ0) is 21.3. The van der Waals surface area contributed by atoms with Gasteiger partial charge in [0.15, 0.2) is 0 Å². The van der Waals surface area contributed by atoms with Crippen molar-refractivity contribution in [1.82, 2.24) is 14.5 Å². The number of aryl methyl sites for hydroxylation is 1. The number of benzene rings is 1. The number of hydrogen-bond acceptors (Lipinski definition) is 7. The van der Waals surface area contributed by atoms with Gasteiger partial charge in [0.2, 0.25) is 0 Å². The van der Waals surface area contributed by atoms with Gasteiger partial charge in [0, 0.05) is 20.7 Å². The number of nitrogens with zero attached hydrogens (tertiary/aromatic N) is 4. The Morgan fingerprint density at radius 1 is 1.17 bits per heavy atom. The van der Waals surface area contributed by atoms with Crippen LogP contribution in [0.25, 0.3) is 22.8 Å². The second-order valence-electron chi connectivity index (χ2n) is 6.81. The number of pyridine rings is 1. The minimum Gasteiger partial charge on any atom is -0.462 e. The van der Waals surface area contributed by atoms with E-state index in [1.165, 1.54) is 10.9 Å². The molecule has 4 rings (SSSR count). The molecule has 2 aromatic heterocycles. The summed E-state index contributed by atoms with van der Waals surface area (Å²) in [6, 6.07) is 9.75. The van der Waals surface area contributed by atoms with E-state index in [9.17, 15) is 9.59 Å². The van der Waals surface area contributed by atoms with E-state index >= 15 is 0 Å². The molecule has 3 aromatic rings. The van der Waals surface area contributed by atoms with E-state index in [0.717, 1.165) is 11.3 Å². The summed E-state index contributed by atoms with van der Waals surface area (Å²) in [6.45, 7) is 2.70. The van der Waals surface area contributed by atoms with Crippen LogP contribution in [0.2, 0.25) is 0 Å². The quantitative estimate of drug-likeness (QED) is 0.581. The Kier molecular flexibility index (Phi) is 5.33. The summed E-state index contributed by atoms with van der Waals surface area (Å²) in [4.78, 5) is 36.8. The van der Waals surface area contributed by atoms with E-state index in [1.54, 1.807) is 21.1 Å². The van der Waals surface area contributed by atoms with E-state index < -0.39 is 11.5 Å². The molecular formula is C22H22N4O4. The first-order chi connectivity index (χ1) is 14.6. The highest BCUT2D eigenvalue weighted by Gasteiger charge is 2.32. The van der Waals surface area contributed by atoms with Crippen LogP contribution < -0.4 is 10.5 Å². The van der Waals surface area contributed by atoms with Gasteiger partial charge >= 0.3 is 5.97 Å². The molecule has 1 aromatic carbocycles. The molecule has 1 aliphatic heterocycles. The fourth-order valence-corrected chi connectivity index (χ4v) is 3.72. The Bertz CT molecular complexity index is 1200. The minimum atomic E-state index is -0.665. The van der Waals surface area contributed by atoms with E-state index in [2.05, 4.69) is 9.97 Å². The van der Waals surface area contributed by atoms with E-state index in [-0.39, 0.29) is 12.2 Å². The molecule has 0 fully saturated rings. The highest BCUT2D eigenvalue weighted by molar-refractivity contribution is 6.14. The van der Waals surface area contributed by atoms with Crippen molar-refractivity contribution in [2.24, 2.45) is 7.05 Å². The van der Waals surface area contributed by atoms with Crippen molar-refractivity contribution in [3.8, 4) is 0 Å². The summed E-state index contributed by atoms with van der Waals surface area (Å²) < 4.78 is 11.9. The number of esters is 1. The molecule has 154 valence electrons. The standard InChI is InChI=1S/C22H22N4O4/c1-4-30-22(28)18-19-17-15(23-13-24-20(17)25(2)21(18)27)12-16(26(19)10-11-29-3)14-8-6-5-7-9-14/h5-9,12-13H,4,10-11H2,1-3H3. The molecule has 0 N–H and O–H groups in total. The smallest absolute Gasteiger partial charge is 0.345 e. The Labute approximate surface area is 173 Å². The molecule has 3 heterocycles. The van der Waals surface area contributed by atoms with Crippen molar-refractivity contribution in [1.29, 1.82) is 0 Å². The predicted molar refractivity (Wildman–Crippen MR) is 114 cm³/mol. The Morgan fingerprint density at radius 3 is 2.63 bits per heavy atom. The highest BCUT2D eigenvalue weighted by Crippen LogP contribution is 2.40. The van der Waals surface area contributed by atoms with Gasteiger partial charge in [0.25, 0.3) is 5.56 Å². The summed E-state index contributed by atoms with van der Waals surface area (Å²) in [5.41, 5.74) is 2.82. The number of methoxy groups -OCH3 is 1. The SMILES string of the molecule is CCOC(=O)c1c2c3c(ncnc3n(C)c1=O)C=C(c1ccccc1)N2CCOC. The number of hydrogen-bond donors (Lipinski definition) is 0. The number of ether oxygens (including phenoxy) is 2. The molecule has 0 atom stereocenters. The zero-order valence-corrected chi connectivity index (χ0v) is 17.1. The van der Waals surface area contributed by atoms with E-state index in [0.29, 0.717) is 35.6 Å². The molecule has 0 saturated heterocycles. The third-order valence-electron chi connectivity index (χ3n) is 5.07. The van der Waals surface area contributed by atoms with Crippen LogP contribution in [-0.4, -0.2) is 47.4 Å². The summed E-state index contributed by atoms with van der Waals surface area (Å²) >= 11 is 0. The maximum Gasteiger partial charge on any atom is 0.345 e. The third kappa shape index (κ3) is 3.15. The van der Waals surface area contributed by atoms with Gasteiger partial charge in [-0.3, -0.25) is 9.36 Å². The van der Waals surface area contributed by atoms with Crippen LogP contribution in [0.5, 0.6) is 0 Å². The average Bonchev–Trinajstić information content (AvgIpc) is 2.77. The summed E-state index contributed by atoms with van der Waals surface area (Å²) in [6.07, 6.45) is 3.37. The van der Waals surface area contributed by atoms with Gasteiger partial charge in [-0.15, -0.1) is 0 Å². The van der Waals surface area contributed by atoms with E-state index in [1.807, 2.05) is 41.3 Å². The average molecular weight is 406 g/mol. The Morgan fingerprint density at radius 2 is 1.93 bits per heavy atom. The molecule has 0 unspecified atom stereocenters. The van der Waals surface area contributed by atoms with Gasteiger partial charge in [0.05, 0.1) is 35.7 Å². The maximum atomic E-state index is 13.2. The molecule has 0 saturated carbocycles. The van der Waals surface area contributed by atoms with Crippen LogP contribution in [0.3, 0.4) is 0 Å². The predicted octanol–water partition coefficient (Wildman–Crippen LogP) is 2.47. The van der Waals surface area contributed by atoms with Gasteiger partial charge < -0.3 is 14.4 Å². The van der Waals surface area contributed by atoms with Gasteiger partial charge in [-0.25, -0.2) is 14.8 Å². The third-order valence-corrected chi connectivity index (χ3v) is 5.07. The van der Waals surface area contributed by atoms with Gasteiger partial charge in [-0.05, 0) is 18.6 Å². The second kappa shape index (κ2) is 8.08. The van der Waals surface area contributed by atoms with Crippen LogP contribution >= 0.6 is 0 Å². The monoisotopic (exact) mass is 406 g/mol. The van der Waals surface area contributed by atoms with Crippen molar-refractivity contribution >= 4 is 34.5 Å². The summed E-state index contributed by atoms with van der Waals surface area (Å²) in [7, 11) is 3.20. The molecule has 0 radical (unpaired) electrons. The van der Waals surface area contributed by atoms with Crippen molar-refractivity contribution in [2.75, 3.05) is 31.8 Å². The molecule has 0 amide bonds. The first kappa shape index (κ1) is 19.8. The van der Waals surface area contributed by atoms with Crippen molar-refractivity contribution in [3.63, 3.8) is 0 Å². The summed E-state index contributed by atoms with van der Waals surface area (Å²) in [5, 5.41) is 0.637. The van der Waals surface area contributed by atoms with Crippen LogP contribution in [0, 0.1) is 0 Å². The van der Waals surface area contributed by atoms with Gasteiger partial charge in [-0.1, -0.05) is 30.3 Å². The van der Waals surface area contributed by atoms with Crippen LogP contribution in [-0.2, 0) is 16.5 Å². The first-order valence-corrected chi connectivity index (χ1v) is 9.66. The molecular weight excluding hydrogens is 384 g/mol. The molecule has 0 bridgehead atoms. The maximum absolute atomic E-state index is 13.2. The number of carbonyl (C=O) groups is 1. The molecule has 1 aliphatic rings. The molecule has 8 heteroatoms. The second-order valence-corrected chi connectivity index (χ2v) is 6.81. The molecule has 0 spiro atoms. The largest absolute Gasteiger partial charge is 0.462 e. The fraction of sp³-hybridized carbons (Fsp3) is 0.273. The summed E-state index contributed by atoms with van der Waals surface area (Å²) in [5.74, 6) is -0.665. The number of anilines is 1. The highest BCUT2D eigenvalue weighted by atomic mass is 16.5. The van der Waals surface area contributed by atoms with Gasteiger partial charge in [-0.2, -0.15) is 0 Å². The van der Waals surface area contributed by atoms with Crippen molar-refractivity contribution in [2.45, 2.75) is 6.92 Å². The minimum absolute atomic E-state index is 0.0273. The lowest BCUT2D eigenvalue weighted by Gasteiger charge is -2.33. The van der Waals surface area contributed by atoms with Crippen molar-refractivity contribution in [3.05, 3.63) is 63.8 Å². The number of carbonyl (C=O) groups excluding carboxylic acids is 1. The normalized spacial score (nSPS) is 12.8. The Hall–Kier alpha value is -3.52. The topological polar surface area (TPSA) is 86.5 Å². The number of rotatable bonds is 6. The molecule has 0 aliphatic carbocycles. The lowest BCUT2D eigenvalue weighted by Crippen LogP contribution is -2.35. The van der Waals surface area contributed by atoms with Crippen LogP contribution in [0.15, 0.2) is 41.5 Å². The fourth-order valence-electron chi connectivity index (χ4n) is 3.72.